The van der Waals surface area contributed by atoms with Crippen LogP contribution in [0.3, 0.4) is 0 Å². The average Bonchev–Trinajstić information content (AvgIpc) is 3.35. The fourth-order valence-electron chi connectivity index (χ4n) is 3.85. The minimum Gasteiger partial charge on any atom is -0.342 e. The number of carbonyl (C=O) groups excluding carboxylic acids is 1. The van der Waals surface area contributed by atoms with E-state index in [0.29, 0.717) is 10.1 Å². The molecule has 3 aromatic carbocycles. The summed E-state index contributed by atoms with van der Waals surface area (Å²) in [7, 11) is 0. The number of hydrogen-bond donors (Lipinski definition) is 1. The van der Waals surface area contributed by atoms with Crippen molar-refractivity contribution in [2.24, 2.45) is 4.99 Å². The Kier molecular flexibility index (Phi) is 5.65. The van der Waals surface area contributed by atoms with Gasteiger partial charge in [0.25, 0.3) is 5.91 Å². The summed E-state index contributed by atoms with van der Waals surface area (Å²) in [5.74, 6) is -0.112. The molecule has 0 spiro atoms. The first kappa shape index (κ1) is 20.3. The van der Waals surface area contributed by atoms with Gasteiger partial charge < -0.3 is 9.88 Å². The largest absolute Gasteiger partial charge is 0.342 e. The third-order valence-electron chi connectivity index (χ3n) is 5.53. The summed E-state index contributed by atoms with van der Waals surface area (Å²) in [5.41, 5.74) is 5.53. The van der Waals surface area contributed by atoms with E-state index in [0.717, 1.165) is 35.1 Å². The van der Waals surface area contributed by atoms with Crippen LogP contribution in [0.5, 0.6) is 0 Å². The quantitative estimate of drug-likeness (QED) is 0.381. The van der Waals surface area contributed by atoms with E-state index < -0.39 is 0 Å². The highest BCUT2D eigenvalue weighted by Gasteiger charge is 2.24. The summed E-state index contributed by atoms with van der Waals surface area (Å²) in [6, 6.07) is 26.8. The number of nitrogens with zero attached hydrogens (tertiary/aromatic N) is 2. The van der Waals surface area contributed by atoms with Crippen molar-refractivity contribution in [3.05, 3.63) is 107 Å². The Morgan fingerprint density at radius 1 is 0.938 bits per heavy atom. The molecule has 32 heavy (non-hydrogen) atoms. The normalized spacial score (nSPS) is 16.2. The van der Waals surface area contributed by atoms with Crippen LogP contribution in [0.25, 0.3) is 17.0 Å². The molecule has 1 aliphatic heterocycles. The molecule has 2 heterocycles. The third-order valence-corrected chi connectivity index (χ3v) is 6.44. The first-order chi connectivity index (χ1) is 15.7. The molecule has 4 aromatic rings. The van der Waals surface area contributed by atoms with Crippen molar-refractivity contribution in [2.45, 2.75) is 19.9 Å². The van der Waals surface area contributed by atoms with Crippen molar-refractivity contribution in [3.63, 3.8) is 0 Å². The van der Waals surface area contributed by atoms with E-state index in [4.69, 9.17) is 0 Å². The summed E-state index contributed by atoms with van der Waals surface area (Å²) in [5, 5.41) is 4.63. The van der Waals surface area contributed by atoms with Gasteiger partial charge in [0.2, 0.25) is 0 Å². The molecule has 5 rings (SSSR count). The lowest BCUT2D eigenvalue weighted by Gasteiger charge is -2.05. The summed E-state index contributed by atoms with van der Waals surface area (Å²) < 4.78 is 2.23. The Hall–Kier alpha value is -3.57. The highest BCUT2D eigenvalue weighted by Crippen LogP contribution is 2.31. The van der Waals surface area contributed by atoms with Gasteiger partial charge >= 0.3 is 0 Å². The first-order valence-corrected chi connectivity index (χ1v) is 11.5. The number of aliphatic imine (C=N–C) groups is 1. The maximum absolute atomic E-state index is 12.6. The highest BCUT2D eigenvalue weighted by atomic mass is 32.2. The van der Waals surface area contributed by atoms with Gasteiger partial charge in [-0.1, -0.05) is 67.6 Å². The van der Waals surface area contributed by atoms with Crippen molar-refractivity contribution in [2.75, 3.05) is 0 Å². The van der Waals surface area contributed by atoms with Crippen molar-refractivity contribution in [1.82, 2.24) is 9.88 Å². The lowest BCUT2D eigenvalue weighted by Crippen LogP contribution is -2.19. The van der Waals surface area contributed by atoms with Crippen molar-refractivity contribution < 1.29 is 4.79 Å². The second-order valence-corrected chi connectivity index (χ2v) is 8.75. The molecule has 0 radical (unpaired) electrons. The SMILES string of the molecule is CCc1ccc(N=C2NC(=O)/C(=C/c3cn(Cc4ccccc4)c4ccccc34)S2)cc1. The molecule has 1 N–H and O–H groups in total. The number of aromatic nitrogens is 1. The van der Waals surface area contributed by atoms with Crippen molar-refractivity contribution in [3.8, 4) is 0 Å². The molecule has 0 atom stereocenters. The smallest absolute Gasteiger partial charge is 0.264 e. The van der Waals surface area contributed by atoms with E-state index in [1.54, 1.807) is 0 Å². The molecular weight excluding hydrogens is 414 g/mol. The Labute approximate surface area is 191 Å². The molecule has 1 aliphatic rings. The maximum atomic E-state index is 12.6. The standard InChI is InChI=1S/C27H23N3OS/c1-2-19-12-14-22(15-13-19)28-27-29-26(31)25(32-27)16-21-18-30(17-20-8-4-3-5-9-20)24-11-7-6-10-23(21)24/h3-16,18H,2,17H2,1H3,(H,28,29,31)/b25-16-. The molecule has 0 unspecified atom stereocenters. The van der Waals surface area contributed by atoms with Gasteiger partial charge in [-0.05, 0) is 53.6 Å². The second kappa shape index (κ2) is 8.89. The number of amides is 1. The average molecular weight is 438 g/mol. The molecule has 0 aliphatic carbocycles. The number of benzene rings is 3. The predicted octanol–water partition coefficient (Wildman–Crippen LogP) is 6.14. The van der Waals surface area contributed by atoms with Gasteiger partial charge in [0, 0.05) is 29.2 Å². The molecule has 5 heteroatoms. The monoisotopic (exact) mass is 437 g/mol. The van der Waals surface area contributed by atoms with Crippen LogP contribution in [0, 0.1) is 0 Å². The van der Waals surface area contributed by atoms with Gasteiger partial charge in [-0.3, -0.25) is 4.79 Å². The molecule has 0 saturated carbocycles. The summed E-state index contributed by atoms with van der Waals surface area (Å²) in [6.07, 6.45) is 5.08. The van der Waals surface area contributed by atoms with Crippen LogP contribution in [0.15, 0.2) is 95.0 Å². The molecule has 1 fully saturated rings. The number of nitrogens with one attached hydrogen (secondary N) is 1. The number of fused-ring (bicyclic) bond motifs is 1. The van der Waals surface area contributed by atoms with Gasteiger partial charge in [-0.15, -0.1) is 0 Å². The van der Waals surface area contributed by atoms with Crippen molar-refractivity contribution >= 4 is 45.5 Å². The fraction of sp³-hybridized carbons (Fsp3) is 0.111. The van der Waals surface area contributed by atoms with Gasteiger partial charge in [-0.25, -0.2) is 4.99 Å². The molecular formula is C27H23N3OS. The van der Waals surface area contributed by atoms with Gasteiger partial charge in [0.05, 0.1) is 10.6 Å². The zero-order valence-electron chi connectivity index (χ0n) is 17.8. The Balaban J connectivity index is 1.44. The molecule has 0 bridgehead atoms. The maximum Gasteiger partial charge on any atom is 0.264 e. The van der Waals surface area contributed by atoms with E-state index in [1.807, 2.05) is 36.4 Å². The Morgan fingerprint density at radius 3 is 2.47 bits per heavy atom. The second-order valence-electron chi connectivity index (χ2n) is 7.72. The molecule has 1 saturated heterocycles. The zero-order valence-corrected chi connectivity index (χ0v) is 18.6. The minimum atomic E-state index is -0.112. The van der Waals surface area contributed by atoms with E-state index in [9.17, 15) is 4.79 Å². The van der Waals surface area contributed by atoms with Crippen molar-refractivity contribution in [1.29, 1.82) is 0 Å². The minimum absolute atomic E-state index is 0.112. The topological polar surface area (TPSA) is 46.4 Å². The van der Waals surface area contributed by atoms with E-state index in [2.05, 4.69) is 76.5 Å². The molecule has 1 amide bonds. The van der Waals surface area contributed by atoms with Gasteiger partial charge in [0.1, 0.15) is 0 Å². The fourth-order valence-corrected chi connectivity index (χ4v) is 4.68. The molecule has 158 valence electrons. The highest BCUT2D eigenvalue weighted by molar-refractivity contribution is 8.18. The van der Waals surface area contributed by atoms with E-state index in [1.165, 1.54) is 22.9 Å². The number of hydrogen-bond acceptors (Lipinski definition) is 3. The van der Waals surface area contributed by atoms with Crippen LogP contribution >= 0.6 is 11.8 Å². The summed E-state index contributed by atoms with van der Waals surface area (Å²) in [6.45, 7) is 2.91. The van der Waals surface area contributed by atoms with Crippen LogP contribution in [-0.2, 0) is 17.8 Å². The zero-order chi connectivity index (χ0) is 21.9. The summed E-state index contributed by atoms with van der Waals surface area (Å²) in [4.78, 5) is 17.9. The van der Waals surface area contributed by atoms with E-state index >= 15 is 0 Å². The molecule has 1 aromatic heterocycles. The van der Waals surface area contributed by atoms with Crippen LogP contribution in [0.4, 0.5) is 5.69 Å². The number of amidine groups is 1. The lowest BCUT2D eigenvalue weighted by molar-refractivity contribution is -0.115. The number of para-hydroxylation sites is 1. The van der Waals surface area contributed by atoms with Gasteiger partial charge in [0.15, 0.2) is 5.17 Å². The van der Waals surface area contributed by atoms with Crippen LogP contribution < -0.4 is 5.32 Å². The van der Waals surface area contributed by atoms with E-state index in [-0.39, 0.29) is 5.91 Å². The Morgan fingerprint density at radius 2 is 1.69 bits per heavy atom. The molecule has 4 nitrogen and oxygen atoms in total. The number of rotatable bonds is 5. The number of aryl methyl sites for hydroxylation is 1. The lowest BCUT2D eigenvalue weighted by atomic mass is 10.1. The van der Waals surface area contributed by atoms with Gasteiger partial charge in [-0.2, -0.15) is 0 Å². The van der Waals surface area contributed by atoms with Crippen LogP contribution in [0.2, 0.25) is 0 Å². The van der Waals surface area contributed by atoms with Crippen LogP contribution in [0.1, 0.15) is 23.6 Å². The predicted molar refractivity (Wildman–Crippen MR) is 134 cm³/mol. The van der Waals surface area contributed by atoms with Crippen LogP contribution in [-0.4, -0.2) is 15.6 Å². The number of thioether (sulfide) groups is 1. The third kappa shape index (κ3) is 4.25. The first-order valence-electron chi connectivity index (χ1n) is 10.7. The summed E-state index contributed by atoms with van der Waals surface area (Å²) >= 11 is 1.38. The number of carbonyl (C=O) groups is 1. The Bertz CT molecular complexity index is 1330.